The van der Waals surface area contributed by atoms with Crippen LogP contribution in [0.3, 0.4) is 0 Å². The van der Waals surface area contributed by atoms with Gasteiger partial charge < -0.3 is 5.84 Å². The summed E-state index contributed by atoms with van der Waals surface area (Å²) in [6.45, 7) is 5.71. The SMILES string of the molecule is CC(C)(C)N(N)/C(Cl)=N\N. The van der Waals surface area contributed by atoms with Gasteiger partial charge in [0.25, 0.3) is 0 Å². The third-order valence-corrected chi connectivity index (χ3v) is 1.31. The number of hydrogen-bond acceptors (Lipinski definition) is 3. The Hall–Kier alpha value is -0.480. The van der Waals surface area contributed by atoms with Crippen molar-refractivity contribution in [2.75, 3.05) is 0 Å². The van der Waals surface area contributed by atoms with Gasteiger partial charge in [-0.15, -0.1) is 0 Å². The number of nitrogens with two attached hydrogens (primary N) is 2. The van der Waals surface area contributed by atoms with Gasteiger partial charge in [-0.25, -0.2) is 5.84 Å². The molecule has 0 saturated carbocycles. The van der Waals surface area contributed by atoms with E-state index in [1.807, 2.05) is 20.8 Å². The molecule has 60 valence electrons. The Morgan fingerprint density at radius 1 is 1.50 bits per heavy atom. The second-order valence-corrected chi connectivity index (χ2v) is 3.28. The molecule has 0 bridgehead atoms. The Labute approximate surface area is 65.8 Å². The number of rotatable bonds is 0. The number of nitrogens with zero attached hydrogens (tertiary/aromatic N) is 2. The monoisotopic (exact) mass is 164 g/mol. The fourth-order valence-corrected chi connectivity index (χ4v) is 0.593. The largest absolute Gasteiger partial charge is 0.320 e. The lowest BCUT2D eigenvalue weighted by Crippen LogP contribution is -2.49. The molecule has 4 N–H and O–H groups in total. The van der Waals surface area contributed by atoms with Gasteiger partial charge in [0.2, 0.25) is 5.29 Å². The predicted molar refractivity (Wildman–Crippen MR) is 43.3 cm³/mol. The minimum absolute atomic E-state index is 0.104. The molecule has 0 amide bonds. The number of halogens is 1. The van der Waals surface area contributed by atoms with Gasteiger partial charge in [0, 0.05) is 0 Å². The van der Waals surface area contributed by atoms with E-state index in [4.69, 9.17) is 23.3 Å². The third-order valence-electron chi connectivity index (χ3n) is 1.03. The van der Waals surface area contributed by atoms with E-state index < -0.39 is 0 Å². The van der Waals surface area contributed by atoms with E-state index in [0.29, 0.717) is 0 Å². The van der Waals surface area contributed by atoms with Gasteiger partial charge in [-0.1, -0.05) is 0 Å². The highest BCUT2D eigenvalue weighted by atomic mass is 35.5. The minimum atomic E-state index is -0.250. The summed E-state index contributed by atoms with van der Waals surface area (Å²) in [5, 5.41) is 4.64. The molecular weight excluding hydrogens is 152 g/mol. The minimum Gasteiger partial charge on any atom is -0.320 e. The second kappa shape index (κ2) is 3.07. The van der Waals surface area contributed by atoms with Crippen LogP contribution in [0.1, 0.15) is 20.8 Å². The number of amidine groups is 1. The van der Waals surface area contributed by atoms with Crippen LogP contribution in [0.5, 0.6) is 0 Å². The van der Waals surface area contributed by atoms with Gasteiger partial charge in [-0.2, -0.15) is 5.10 Å². The molecule has 5 heteroatoms. The Morgan fingerprint density at radius 2 is 1.90 bits per heavy atom. The van der Waals surface area contributed by atoms with E-state index in [1.54, 1.807) is 0 Å². The quantitative estimate of drug-likeness (QED) is 0.179. The van der Waals surface area contributed by atoms with Gasteiger partial charge in [0.05, 0.1) is 5.54 Å². The smallest absolute Gasteiger partial charge is 0.231 e. The molecule has 4 nitrogen and oxygen atoms in total. The molecule has 0 aromatic carbocycles. The molecule has 0 fully saturated rings. The summed E-state index contributed by atoms with van der Waals surface area (Å²) in [6.07, 6.45) is 0. The lowest BCUT2D eigenvalue weighted by Gasteiger charge is -2.30. The highest BCUT2D eigenvalue weighted by Crippen LogP contribution is 2.09. The summed E-state index contributed by atoms with van der Waals surface area (Å²) >= 11 is 5.53. The van der Waals surface area contributed by atoms with Crippen LogP contribution in [-0.2, 0) is 0 Å². The van der Waals surface area contributed by atoms with Crippen LogP contribution in [0.15, 0.2) is 5.10 Å². The Balaban J connectivity index is 4.23. The van der Waals surface area contributed by atoms with Crippen molar-refractivity contribution in [1.29, 1.82) is 0 Å². The molecule has 0 saturated heterocycles. The van der Waals surface area contributed by atoms with Crippen LogP contribution < -0.4 is 11.7 Å². The van der Waals surface area contributed by atoms with Crippen molar-refractivity contribution in [3.05, 3.63) is 0 Å². The van der Waals surface area contributed by atoms with Crippen molar-refractivity contribution in [1.82, 2.24) is 5.01 Å². The molecule has 0 spiro atoms. The van der Waals surface area contributed by atoms with Gasteiger partial charge in [0.1, 0.15) is 0 Å². The van der Waals surface area contributed by atoms with Crippen LogP contribution >= 0.6 is 11.6 Å². The number of hydrazone groups is 1. The molecular formula is C5H13ClN4. The zero-order valence-corrected chi connectivity index (χ0v) is 7.18. The zero-order valence-electron chi connectivity index (χ0n) is 6.43. The first-order chi connectivity index (χ1) is 4.39. The fourth-order valence-electron chi connectivity index (χ4n) is 0.339. The Bertz CT molecular complexity index is 137. The average Bonchev–Trinajstić information content (AvgIpc) is 1.83. The lowest BCUT2D eigenvalue weighted by atomic mass is 10.1. The summed E-state index contributed by atoms with van der Waals surface area (Å²) in [5.41, 5.74) is -0.250. The van der Waals surface area contributed by atoms with Gasteiger partial charge in [-0.05, 0) is 32.4 Å². The number of hydrogen-bond donors (Lipinski definition) is 2. The first-order valence-electron chi connectivity index (χ1n) is 2.88. The summed E-state index contributed by atoms with van der Waals surface area (Å²) in [7, 11) is 0. The van der Waals surface area contributed by atoms with Crippen molar-refractivity contribution < 1.29 is 0 Å². The van der Waals surface area contributed by atoms with Crippen LogP contribution in [0.2, 0.25) is 0 Å². The Morgan fingerprint density at radius 3 is 2.00 bits per heavy atom. The standard InChI is InChI=1S/C5H13ClN4/c1-5(2,3)10(8)4(6)9-7/h7-8H2,1-3H3/b9-4-. The molecule has 0 rings (SSSR count). The van der Waals surface area contributed by atoms with Crippen LogP contribution in [0.4, 0.5) is 0 Å². The molecule has 0 aromatic rings. The second-order valence-electron chi connectivity index (χ2n) is 2.94. The van der Waals surface area contributed by atoms with Crippen molar-refractivity contribution in [2.24, 2.45) is 16.8 Å². The molecule has 0 aliphatic rings. The average molecular weight is 165 g/mol. The maximum Gasteiger partial charge on any atom is 0.231 e. The van der Waals surface area contributed by atoms with Crippen molar-refractivity contribution >= 4 is 16.9 Å². The van der Waals surface area contributed by atoms with E-state index in [-0.39, 0.29) is 10.8 Å². The van der Waals surface area contributed by atoms with Gasteiger partial charge >= 0.3 is 0 Å². The van der Waals surface area contributed by atoms with E-state index in [9.17, 15) is 0 Å². The third kappa shape index (κ3) is 2.41. The number of hydrazine groups is 1. The van der Waals surface area contributed by atoms with Crippen molar-refractivity contribution in [3.8, 4) is 0 Å². The molecule has 0 radical (unpaired) electrons. The first-order valence-corrected chi connectivity index (χ1v) is 3.25. The summed E-state index contributed by atoms with van der Waals surface area (Å²) in [6, 6.07) is 0. The van der Waals surface area contributed by atoms with E-state index >= 15 is 0 Å². The van der Waals surface area contributed by atoms with Gasteiger partial charge in [0.15, 0.2) is 0 Å². The van der Waals surface area contributed by atoms with Crippen LogP contribution in [0.25, 0.3) is 0 Å². The lowest BCUT2D eigenvalue weighted by molar-refractivity contribution is 0.247. The molecule has 0 aliphatic carbocycles. The maximum atomic E-state index is 5.53. The van der Waals surface area contributed by atoms with E-state index in [1.165, 1.54) is 5.01 Å². The summed E-state index contributed by atoms with van der Waals surface area (Å²) in [5.74, 6) is 10.4. The maximum absolute atomic E-state index is 5.53. The molecule has 0 atom stereocenters. The van der Waals surface area contributed by atoms with Crippen molar-refractivity contribution in [3.63, 3.8) is 0 Å². The first kappa shape index (κ1) is 9.52. The fraction of sp³-hybridized carbons (Fsp3) is 0.800. The van der Waals surface area contributed by atoms with Crippen LogP contribution in [0, 0.1) is 0 Å². The Kier molecular flexibility index (Phi) is 2.93. The summed E-state index contributed by atoms with van der Waals surface area (Å²) in [4.78, 5) is 0. The molecule has 0 aromatic heterocycles. The van der Waals surface area contributed by atoms with Gasteiger partial charge in [-0.3, -0.25) is 5.01 Å². The highest BCUT2D eigenvalue weighted by Gasteiger charge is 2.19. The molecule has 10 heavy (non-hydrogen) atoms. The molecule has 0 aliphatic heterocycles. The van der Waals surface area contributed by atoms with Crippen LogP contribution in [-0.4, -0.2) is 15.8 Å². The topological polar surface area (TPSA) is 67.6 Å². The molecule has 0 unspecified atom stereocenters. The normalized spacial score (nSPS) is 13.5. The van der Waals surface area contributed by atoms with E-state index in [2.05, 4.69) is 5.10 Å². The molecule has 0 heterocycles. The summed E-state index contributed by atoms with van der Waals surface area (Å²) < 4.78 is 0. The van der Waals surface area contributed by atoms with E-state index in [0.717, 1.165) is 0 Å². The zero-order chi connectivity index (χ0) is 8.36. The highest BCUT2D eigenvalue weighted by molar-refractivity contribution is 6.64. The predicted octanol–water partition coefficient (Wildman–Crippen LogP) is 0.429. The van der Waals surface area contributed by atoms with Crippen molar-refractivity contribution in [2.45, 2.75) is 26.3 Å².